The molecule has 0 saturated heterocycles. The van der Waals surface area contributed by atoms with Gasteiger partial charge in [-0.1, -0.05) is 0 Å². The molecule has 72 valence electrons. The second kappa shape index (κ2) is 6.21. The van der Waals surface area contributed by atoms with Crippen molar-refractivity contribution >= 4 is 32.6 Å². The predicted molar refractivity (Wildman–Crippen MR) is 51.5 cm³/mol. The molecule has 1 rings (SSSR count). The van der Waals surface area contributed by atoms with Crippen LogP contribution in [0.1, 0.15) is 32.1 Å². The van der Waals surface area contributed by atoms with Crippen molar-refractivity contribution in [2.45, 2.75) is 36.0 Å². The normalized spacial score (nSPS) is 19.6. The van der Waals surface area contributed by atoms with E-state index in [1.165, 1.54) is 45.7 Å². The first-order valence-corrected chi connectivity index (χ1v) is 7.83. The van der Waals surface area contributed by atoms with E-state index in [1.807, 2.05) is 0 Å². The molecule has 1 saturated carbocycles. The molecular formula is C7H16O3SSn. The van der Waals surface area contributed by atoms with Crippen molar-refractivity contribution in [2.24, 2.45) is 0 Å². The van der Waals surface area contributed by atoms with E-state index in [2.05, 4.69) is 0 Å². The zero-order valence-corrected chi connectivity index (χ0v) is 11.5. The average Bonchev–Trinajstić information content (AvgIpc) is 1.85. The van der Waals surface area contributed by atoms with Crippen molar-refractivity contribution in [1.82, 2.24) is 0 Å². The Bertz CT molecular complexity index is 187. The van der Waals surface area contributed by atoms with E-state index in [-0.39, 0.29) is 0 Å². The van der Waals surface area contributed by atoms with E-state index in [4.69, 9.17) is 4.55 Å². The summed E-state index contributed by atoms with van der Waals surface area (Å²) in [5, 5.41) is 0. The quantitative estimate of drug-likeness (QED) is 0.539. The molecule has 3 nitrogen and oxygen atoms in total. The number of hydrogen-bond donors (Lipinski definition) is 1. The average molecular weight is 299 g/mol. The van der Waals surface area contributed by atoms with Gasteiger partial charge in [0.25, 0.3) is 10.1 Å². The molecule has 0 heterocycles. The topological polar surface area (TPSA) is 54.4 Å². The van der Waals surface area contributed by atoms with E-state index in [1.54, 1.807) is 12.8 Å². The molecule has 0 atom stereocenters. The van der Waals surface area contributed by atoms with Crippen LogP contribution in [0.5, 0.6) is 0 Å². The zero-order chi connectivity index (χ0) is 9.61. The van der Waals surface area contributed by atoms with Gasteiger partial charge in [-0.05, 0) is 0 Å². The second-order valence-corrected chi connectivity index (χ2v) is 7.29. The molecule has 0 aromatic heterocycles. The van der Waals surface area contributed by atoms with E-state index in [0.717, 1.165) is 0 Å². The fourth-order valence-corrected chi connectivity index (χ4v) is 2.48. The molecule has 0 bridgehead atoms. The van der Waals surface area contributed by atoms with Gasteiger partial charge < -0.3 is 0 Å². The van der Waals surface area contributed by atoms with Crippen LogP contribution in [-0.4, -0.2) is 41.8 Å². The Hall–Kier alpha value is 0.709. The van der Waals surface area contributed by atoms with E-state index in [0.29, 0.717) is 6.26 Å². The van der Waals surface area contributed by atoms with Crippen LogP contribution in [0.25, 0.3) is 0 Å². The number of rotatable bonds is 0. The predicted octanol–water partition coefficient (Wildman–Crippen LogP) is 1.14. The molecule has 0 aromatic rings. The minimum absolute atomic E-state index is 0.715. The third-order valence-corrected chi connectivity index (χ3v) is 3.55. The van der Waals surface area contributed by atoms with Crippen molar-refractivity contribution in [3.05, 3.63) is 0 Å². The standard InChI is InChI=1S/C6H11.CH4O3S.Sn.H/c1-2-4-6-5-3-1;1-5(2,3)4;;/h1H,2-6H2;1H3,(H,2,3,4);;. The minimum atomic E-state index is -3.67. The third kappa shape index (κ3) is 13.3. The molecule has 0 unspecified atom stereocenters. The van der Waals surface area contributed by atoms with Crippen LogP contribution in [0.3, 0.4) is 0 Å². The Morgan fingerprint density at radius 2 is 1.58 bits per heavy atom. The summed E-state index contributed by atoms with van der Waals surface area (Å²) in [6, 6.07) is 0. The monoisotopic (exact) mass is 300 g/mol. The fourth-order valence-electron chi connectivity index (χ4n) is 1.13. The summed E-state index contributed by atoms with van der Waals surface area (Å²) in [5.41, 5.74) is 0. The van der Waals surface area contributed by atoms with Gasteiger partial charge in [-0.25, -0.2) is 0 Å². The van der Waals surface area contributed by atoms with Crippen LogP contribution in [0.4, 0.5) is 0 Å². The fraction of sp³-hybridized carbons (Fsp3) is 1.00. The molecule has 0 aromatic carbocycles. The molecule has 5 heteroatoms. The van der Waals surface area contributed by atoms with Gasteiger partial charge in [0.15, 0.2) is 0 Å². The molecule has 0 spiro atoms. The molecule has 0 amide bonds. The van der Waals surface area contributed by atoms with Gasteiger partial charge in [-0.2, -0.15) is 8.42 Å². The van der Waals surface area contributed by atoms with Crippen LogP contribution in [0.15, 0.2) is 0 Å². The van der Waals surface area contributed by atoms with Crippen molar-refractivity contribution in [1.29, 1.82) is 0 Å². The summed E-state index contributed by atoms with van der Waals surface area (Å²) in [7, 11) is -3.67. The molecule has 1 N–H and O–H groups in total. The zero-order valence-electron chi connectivity index (χ0n) is 7.36. The first-order chi connectivity index (χ1) is 5.39. The molecule has 0 aliphatic heterocycles. The maximum atomic E-state index is 9.19. The van der Waals surface area contributed by atoms with Crippen LogP contribution in [-0.2, 0) is 10.1 Å². The van der Waals surface area contributed by atoms with Crippen LogP contribution >= 0.6 is 0 Å². The molecule has 12 heavy (non-hydrogen) atoms. The van der Waals surface area contributed by atoms with E-state index >= 15 is 0 Å². The molecule has 2 radical (unpaired) electrons. The summed E-state index contributed by atoms with van der Waals surface area (Å²) in [6.45, 7) is 0. The molecule has 1 aliphatic carbocycles. The number of hydrogen-bond acceptors (Lipinski definition) is 2. The van der Waals surface area contributed by atoms with Crippen molar-refractivity contribution < 1.29 is 13.0 Å². The van der Waals surface area contributed by atoms with Crippen LogP contribution < -0.4 is 0 Å². The summed E-state index contributed by atoms with van der Waals surface area (Å²) < 4.78 is 27.0. The third-order valence-electron chi connectivity index (χ3n) is 1.65. The van der Waals surface area contributed by atoms with Gasteiger partial charge in [0.05, 0.1) is 6.26 Å². The first-order valence-electron chi connectivity index (χ1n) is 4.07. The SMILES string of the molecule is CS(=O)(=O)O.[SnH][CH]1CCCCC1. The van der Waals surface area contributed by atoms with Gasteiger partial charge in [-0.15, -0.1) is 0 Å². The Morgan fingerprint density at radius 1 is 1.25 bits per heavy atom. The Labute approximate surface area is 87.8 Å². The van der Waals surface area contributed by atoms with Gasteiger partial charge in [0.1, 0.15) is 0 Å². The Kier molecular flexibility index (Phi) is 6.57. The molecule has 1 aliphatic rings. The Balaban J connectivity index is 0.000000217. The van der Waals surface area contributed by atoms with E-state index < -0.39 is 10.1 Å². The summed E-state index contributed by atoms with van der Waals surface area (Å²) in [4.78, 5) is 0. The molecular weight excluding hydrogens is 283 g/mol. The van der Waals surface area contributed by atoms with Crippen molar-refractivity contribution in [2.75, 3.05) is 6.26 Å². The van der Waals surface area contributed by atoms with Gasteiger partial charge >= 0.3 is 58.6 Å². The van der Waals surface area contributed by atoms with Gasteiger partial charge in [0, 0.05) is 0 Å². The van der Waals surface area contributed by atoms with E-state index in [9.17, 15) is 8.42 Å². The Morgan fingerprint density at radius 3 is 1.75 bits per heavy atom. The summed E-state index contributed by atoms with van der Waals surface area (Å²) in [5.74, 6) is 0. The van der Waals surface area contributed by atoms with Crippen LogP contribution in [0.2, 0.25) is 3.93 Å². The van der Waals surface area contributed by atoms with Gasteiger partial charge in [-0.3, -0.25) is 4.55 Å². The van der Waals surface area contributed by atoms with Crippen LogP contribution in [0, 0.1) is 0 Å². The van der Waals surface area contributed by atoms with Crippen molar-refractivity contribution in [3.8, 4) is 0 Å². The summed E-state index contributed by atoms with van der Waals surface area (Å²) in [6.07, 6.45) is 8.35. The van der Waals surface area contributed by atoms with Crippen molar-refractivity contribution in [3.63, 3.8) is 0 Å². The maximum absolute atomic E-state index is 9.19. The first kappa shape index (κ1) is 12.7. The second-order valence-electron chi connectivity index (χ2n) is 3.13. The van der Waals surface area contributed by atoms with Gasteiger partial charge in [0.2, 0.25) is 0 Å². The summed E-state index contributed by atoms with van der Waals surface area (Å²) >= 11 is 1.51. The molecule has 1 fully saturated rings.